The van der Waals surface area contributed by atoms with Crippen LogP contribution in [0.4, 0.5) is 0 Å². The van der Waals surface area contributed by atoms with Crippen LogP contribution in [0, 0.1) is 0 Å². The Bertz CT molecular complexity index is 413. The normalized spacial score (nSPS) is 19.4. The van der Waals surface area contributed by atoms with E-state index >= 15 is 0 Å². The molecule has 2 N–H and O–H groups in total. The highest BCUT2D eigenvalue weighted by molar-refractivity contribution is 7.11. The van der Waals surface area contributed by atoms with Gasteiger partial charge < -0.3 is 5.84 Å². The first-order valence-corrected chi connectivity index (χ1v) is 5.24. The van der Waals surface area contributed by atoms with Crippen molar-refractivity contribution in [2.24, 2.45) is 10.9 Å². The van der Waals surface area contributed by atoms with Gasteiger partial charge in [-0.15, -0.1) is 11.3 Å². The molecule has 0 amide bonds. The zero-order valence-electron chi connectivity index (χ0n) is 7.90. The van der Waals surface area contributed by atoms with Crippen molar-refractivity contribution < 1.29 is 0 Å². The van der Waals surface area contributed by atoms with Gasteiger partial charge in [-0.05, 0) is 13.0 Å². The average Bonchev–Trinajstić information content (AvgIpc) is 2.70. The monoisotopic (exact) mass is 205 g/mol. The molecule has 3 nitrogen and oxygen atoms in total. The van der Waals surface area contributed by atoms with Crippen LogP contribution >= 0.6 is 11.3 Å². The van der Waals surface area contributed by atoms with Crippen LogP contribution in [0.2, 0.25) is 0 Å². The van der Waals surface area contributed by atoms with Crippen LogP contribution in [0.25, 0.3) is 5.57 Å². The summed E-state index contributed by atoms with van der Waals surface area (Å²) in [4.78, 5) is 4.26. The molecule has 1 aromatic rings. The van der Waals surface area contributed by atoms with Crippen molar-refractivity contribution in [1.29, 1.82) is 0 Å². The molecule has 0 spiro atoms. The molecule has 72 valence electrons. The number of hydrogen-bond acceptors (Lipinski definition) is 4. The summed E-state index contributed by atoms with van der Waals surface area (Å²) in [6, 6.07) is 0. The van der Waals surface area contributed by atoms with Gasteiger partial charge in [0.25, 0.3) is 0 Å². The second-order valence-corrected chi connectivity index (χ2v) is 4.02. The Morgan fingerprint density at radius 2 is 2.43 bits per heavy atom. The lowest BCUT2D eigenvalue weighted by molar-refractivity contribution is 1.21. The summed E-state index contributed by atoms with van der Waals surface area (Å²) in [6.07, 6.45) is 6.78. The second-order valence-electron chi connectivity index (χ2n) is 3.12. The minimum absolute atomic E-state index is 0.799. The maximum Gasteiger partial charge on any atom is 0.125 e. The molecule has 0 saturated heterocycles. The van der Waals surface area contributed by atoms with E-state index in [0.29, 0.717) is 0 Å². The SMILES string of the molecule is CC1=CCC(=NN)C(c2nccs2)=C1. The second kappa shape index (κ2) is 3.75. The zero-order chi connectivity index (χ0) is 9.97. The topological polar surface area (TPSA) is 51.3 Å². The van der Waals surface area contributed by atoms with Gasteiger partial charge in [-0.1, -0.05) is 11.6 Å². The number of hydrogen-bond donors (Lipinski definition) is 1. The standard InChI is InChI=1S/C10H11N3S/c1-7-2-3-9(13-11)8(6-7)10-12-4-5-14-10/h2,4-6H,3,11H2,1H3. The summed E-state index contributed by atoms with van der Waals surface area (Å²) in [5, 5.41) is 6.73. The zero-order valence-corrected chi connectivity index (χ0v) is 8.71. The van der Waals surface area contributed by atoms with Crippen LogP contribution in [0.15, 0.2) is 34.4 Å². The van der Waals surface area contributed by atoms with Crippen LogP contribution in [0.5, 0.6) is 0 Å². The van der Waals surface area contributed by atoms with Gasteiger partial charge in [0.2, 0.25) is 0 Å². The van der Waals surface area contributed by atoms with E-state index in [0.717, 1.165) is 22.7 Å². The van der Waals surface area contributed by atoms with Crippen LogP contribution in [0.3, 0.4) is 0 Å². The number of nitrogens with two attached hydrogens (primary N) is 1. The Kier molecular flexibility index (Phi) is 2.45. The molecule has 0 aromatic carbocycles. The summed E-state index contributed by atoms with van der Waals surface area (Å²) >= 11 is 1.61. The highest BCUT2D eigenvalue weighted by Crippen LogP contribution is 2.25. The quantitative estimate of drug-likeness (QED) is 0.564. The van der Waals surface area contributed by atoms with Gasteiger partial charge in [0.15, 0.2) is 0 Å². The smallest absolute Gasteiger partial charge is 0.125 e. The minimum atomic E-state index is 0.799. The van der Waals surface area contributed by atoms with Crippen molar-refractivity contribution in [1.82, 2.24) is 4.98 Å². The molecule has 0 bridgehead atoms. The van der Waals surface area contributed by atoms with Crippen molar-refractivity contribution in [3.8, 4) is 0 Å². The Hall–Kier alpha value is -1.42. The van der Waals surface area contributed by atoms with E-state index in [2.05, 4.69) is 29.2 Å². The van der Waals surface area contributed by atoms with Crippen LogP contribution in [-0.4, -0.2) is 10.7 Å². The van der Waals surface area contributed by atoms with Crippen molar-refractivity contribution in [2.75, 3.05) is 0 Å². The molecule has 0 saturated carbocycles. The lowest BCUT2D eigenvalue weighted by Crippen LogP contribution is -2.07. The number of thiazole rings is 1. The first-order valence-electron chi connectivity index (χ1n) is 4.36. The molecule has 4 heteroatoms. The summed E-state index contributed by atoms with van der Waals surface area (Å²) in [5.74, 6) is 5.34. The van der Waals surface area contributed by atoms with Gasteiger partial charge in [-0.3, -0.25) is 0 Å². The minimum Gasteiger partial charge on any atom is -0.323 e. The number of nitrogens with zero attached hydrogens (tertiary/aromatic N) is 2. The third-order valence-electron chi connectivity index (χ3n) is 2.12. The van der Waals surface area contributed by atoms with Crippen molar-refractivity contribution in [2.45, 2.75) is 13.3 Å². The number of allylic oxidation sites excluding steroid dienone is 4. The van der Waals surface area contributed by atoms with Gasteiger partial charge >= 0.3 is 0 Å². The van der Waals surface area contributed by atoms with Crippen LogP contribution in [-0.2, 0) is 0 Å². The van der Waals surface area contributed by atoms with E-state index < -0.39 is 0 Å². The fourth-order valence-corrected chi connectivity index (χ4v) is 2.08. The molecular formula is C10H11N3S. The predicted molar refractivity (Wildman–Crippen MR) is 60.1 cm³/mol. The van der Waals surface area contributed by atoms with Crippen molar-refractivity contribution in [3.05, 3.63) is 34.3 Å². The summed E-state index contributed by atoms with van der Waals surface area (Å²) in [7, 11) is 0. The van der Waals surface area contributed by atoms with E-state index in [4.69, 9.17) is 5.84 Å². The molecule has 0 radical (unpaired) electrons. The highest BCUT2D eigenvalue weighted by atomic mass is 32.1. The van der Waals surface area contributed by atoms with E-state index in [1.807, 2.05) is 5.38 Å². The average molecular weight is 205 g/mol. The third kappa shape index (κ3) is 1.61. The molecule has 0 aliphatic heterocycles. The fourth-order valence-electron chi connectivity index (χ4n) is 1.40. The first-order chi connectivity index (χ1) is 6.81. The molecule has 14 heavy (non-hydrogen) atoms. The number of hydrazone groups is 1. The summed E-state index contributed by atoms with van der Waals surface area (Å²) in [6.45, 7) is 2.07. The van der Waals surface area contributed by atoms with Crippen molar-refractivity contribution >= 4 is 22.6 Å². The first kappa shape index (κ1) is 9.15. The van der Waals surface area contributed by atoms with E-state index in [9.17, 15) is 0 Å². The summed E-state index contributed by atoms with van der Waals surface area (Å²) < 4.78 is 0. The molecular weight excluding hydrogens is 194 g/mol. The molecule has 0 unspecified atom stereocenters. The molecule has 1 aliphatic carbocycles. The number of aromatic nitrogens is 1. The fraction of sp³-hybridized carbons (Fsp3) is 0.200. The van der Waals surface area contributed by atoms with E-state index in [1.165, 1.54) is 5.57 Å². The van der Waals surface area contributed by atoms with Gasteiger partial charge in [0.05, 0.1) is 5.71 Å². The Morgan fingerprint density at radius 3 is 3.07 bits per heavy atom. The summed E-state index contributed by atoms with van der Waals surface area (Å²) in [5.41, 5.74) is 3.20. The van der Waals surface area contributed by atoms with Crippen molar-refractivity contribution in [3.63, 3.8) is 0 Å². The van der Waals surface area contributed by atoms with E-state index in [-0.39, 0.29) is 0 Å². The third-order valence-corrected chi connectivity index (χ3v) is 2.93. The van der Waals surface area contributed by atoms with Gasteiger partial charge in [0.1, 0.15) is 5.01 Å². The van der Waals surface area contributed by atoms with Crippen LogP contribution in [0.1, 0.15) is 18.4 Å². The highest BCUT2D eigenvalue weighted by Gasteiger charge is 2.14. The lowest BCUT2D eigenvalue weighted by atomic mass is 9.99. The lowest BCUT2D eigenvalue weighted by Gasteiger charge is -2.11. The molecule has 1 heterocycles. The molecule has 0 atom stereocenters. The Labute approximate surface area is 86.7 Å². The maximum absolute atomic E-state index is 5.34. The molecule has 2 rings (SSSR count). The Morgan fingerprint density at radius 1 is 1.57 bits per heavy atom. The van der Waals surface area contributed by atoms with Gasteiger partial charge in [-0.25, -0.2) is 4.98 Å². The number of rotatable bonds is 1. The molecule has 0 fully saturated rings. The molecule has 1 aliphatic rings. The molecule has 1 aromatic heterocycles. The predicted octanol–water partition coefficient (Wildman–Crippen LogP) is 2.19. The largest absolute Gasteiger partial charge is 0.323 e. The van der Waals surface area contributed by atoms with Gasteiger partial charge in [-0.2, -0.15) is 5.10 Å². The Balaban J connectivity index is 2.45. The van der Waals surface area contributed by atoms with E-state index in [1.54, 1.807) is 17.5 Å². The van der Waals surface area contributed by atoms with Gasteiger partial charge in [0, 0.05) is 23.6 Å². The van der Waals surface area contributed by atoms with Crippen LogP contribution < -0.4 is 5.84 Å². The maximum atomic E-state index is 5.34.